The third-order valence-corrected chi connectivity index (χ3v) is 4.00. The molecule has 3 heteroatoms. The Bertz CT molecular complexity index is 550. The molecular weight excluding hydrogens is 222 g/mol. The van der Waals surface area contributed by atoms with Crippen molar-refractivity contribution in [3.05, 3.63) is 29.5 Å². The molecular formula is C15H21N3. The van der Waals surface area contributed by atoms with Crippen molar-refractivity contribution in [1.29, 1.82) is 0 Å². The molecule has 0 amide bonds. The van der Waals surface area contributed by atoms with E-state index in [-0.39, 0.29) is 0 Å². The number of aromatic nitrogens is 2. The summed E-state index contributed by atoms with van der Waals surface area (Å²) in [6.45, 7) is 3.25. The lowest BCUT2D eigenvalue weighted by atomic mass is 9.97. The van der Waals surface area contributed by atoms with Gasteiger partial charge in [0.1, 0.15) is 0 Å². The number of nitrogens with zero attached hydrogens (tertiary/aromatic N) is 2. The topological polar surface area (TPSA) is 29.9 Å². The smallest absolute Gasteiger partial charge is 0.0684 e. The van der Waals surface area contributed by atoms with Gasteiger partial charge in [-0.05, 0) is 44.4 Å². The van der Waals surface area contributed by atoms with Crippen LogP contribution in [0.5, 0.6) is 0 Å². The van der Waals surface area contributed by atoms with E-state index in [4.69, 9.17) is 0 Å². The Labute approximate surface area is 108 Å². The Balaban J connectivity index is 1.86. The van der Waals surface area contributed by atoms with Gasteiger partial charge in [0.15, 0.2) is 0 Å². The zero-order valence-corrected chi connectivity index (χ0v) is 11.2. The van der Waals surface area contributed by atoms with Gasteiger partial charge in [-0.3, -0.25) is 4.68 Å². The second-order valence-electron chi connectivity index (χ2n) is 5.41. The summed E-state index contributed by atoms with van der Waals surface area (Å²) in [5.41, 5.74) is 3.79. The van der Waals surface area contributed by atoms with Crippen molar-refractivity contribution in [2.75, 3.05) is 6.54 Å². The monoisotopic (exact) mass is 243 g/mol. The summed E-state index contributed by atoms with van der Waals surface area (Å²) >= 11 is 0. The van der Waals surface area contributed by atoms with E-state index in [9.17, 15) is 0 Å². The van der Waals surface area contributed by atoms with Gasteiger partial charge in [0.25, 0.3) is 0 Å². The Morgan fingerprint density at radius 3 is 3.06 bits per heavy atom. The lowest BCUT2D eigenvalue weighted by molar-refractivity contribution is 0.399. The molecule has 0 aliphatic carbocycles. The van der Waals surface area contributed by atoms with Gasteiger partial charge in [0, 0.05) is 18.5 Å². The SMILES string of the molecule is Cc1nn(C)c2cc(CC3CCCCN3)ccc12. The molecule has 0 bridgehead atoms. The molecule has 2 heterocycles. The molecule has 3 nitrogen and oxygen atoms in total. The predicted molar refractivity (Wildman–Crippen MR) is 74.8 cm³/mol. The Hall–Kier alpha value is -1.35. The minimum absolute atomic E-state index is 0.658. The van der Waals surface area contributed by atoms with Crippen LogP contribution in [0.15, 0.2) is 18.2 Å². The van der Waals surface area contributed by atoms with E-state index in [1.807, 2.05) is 11.7 Å². The molecule has 1 atom stereocenters. The molecule has 1 aliphatic rings. The van der Waals surface area contributed by atoms with Crippen LogP contribution in [-0.4, -0.2) is 22.4 Å². The van der Waals surface area contributed by atoms with Crippen molar-refractivity contribution in [3.63, 3.8) is 0 Å². The molecule has 1 aromatic carbocycles. The summed E-state index contributed by atoms with van der Waals surface area (Å²) in [5, 5.41) is 9.37. The van der Waals surface area contributed by atoms with Gasteiger partial charge in [-0.25, -0.2) is 0 Å². The molecule has 1 aromatic heterocycles. The summed E-state index contributed by atoms with van der Waals surface area (Å²) in [4.78, 5) is 0. The number of rotatable bonds is 2. The molecule has 1 unspecified atom stereocenters. The molecule has 1 aliphatic heterocycles. The number of hydrogen-bond acceptors (Lipinski definition) is 2. The molecule has 18 heavy (non-hydrogen) atoms. The number of aryl methyl sites for hydroxylation is 2. The van der Waals surface area contributed by atoms with Crippen molar-refractivity contribution < 1.29 is 0 Å². The number of benzene rings is 1. The maximum atomic E-state index is 4.48. The van der Waals surface area contributed by atoms with Crippen molar-refractivity contribution in [1.82, 2.24) is 15.1 Å². The zero-order valence-electron chi connectivity index (χ0n) is 11.2. The summed E-state index contributed by atoms with van der Waals surface area (Å²) in [7, 11) is 2.03. The van der Waals surface area contributed by atoms with E-state index in [0.717, 1.165) is 12.1 Å². The third kappa shape index (κ3) is 2.15. The zero-order chi connectivity index (χ0) is 12.5. The number of nitrogens with one attached hydrogen (secondary N) is 1. The molecule has 3 rings (SSSR count). The van der Waals surface area contributed by atoms with Crippen molar-refractivity contribution in [3.8, 4) is 0 Å². The van der Waals surface area contributed by atoms with Crippen LogP contribution >= 0.6 is 0 Å². The Morgan fingerprint density at radius 1 is 1.39 bits per heavy atom. The second kappa shape index (κ2) is 4.73. The van der Waals surface area contributed by atoms with Crippen LogP contribution in [0.1, 0.15) is 30.5 Å². The highest BCUT2D eigenvalue weighted by Gasteiger charge is 2.14. The third-order valence-electron chi connectivity index (χ3n) is 4.00. The molecule has 0 saturated carbocycles. The fourth-order valence-electron chi connectivity index (χ4n) is 2.99. The van der Waals surface area contributed by atoms with Gasteiger partial charge in [-0.2, -0.15) is 5.10 Å². The molecule has 1 saturated heterocycles. The normalized spacial score (nSPS) is 20.4. The number of piperidine rings is 1. The summed E-state index contributed by atoms with van der Waals surface area (Å²) in [5.74, 6) is 0. The van der Waals surface area contributed by atoms with E-state index in [1.165, 1.54) is 42.3 Å². The molecule has 96 valence electrons. The first-order chi connectivity index (χ1) is 8.74. The van der Waals surface area contributed by atoms with Gasteiger partial charge in [0.05, 0.1) is 11.2 Å². The largest absolute Gasteiger partial charge is 0.314 e. The maximum absolute atomic E-state index is 4.48. The Kier molecular flexibility index (Phi) is 3.08. The van der Waals surface area contributed by atoms with Crippen LogP contribution in [0, 0.1) is 6.92 Å². The van der Waals surface area contributed by atoms with Crippen molar-refractivity contribution >= 4 is 10.9 Å². The maximum Gasteiger partial charge on any atom is 0.0684 e. The molecule has 1 N–H and O–H groups in total. The fraction of sp³-hybridized carbons (Fsp3) is 0.533. The average Bonchev–Trinajstić information content (AvgIpc) is 2.66. The van der Waals surface area contributed by atoms with E-state index in [2.05, 4.69) is 35.5 Å². The van der Waals surface area contributed by atoms with Crippen LogP contribution in [0.25, 0.3) is 10.9 Å². The highest BCUT2D eigenvalue weighted by atomic mass is 15.3. The first-order valence-corrected chi connectivity index (χ1v) is 6.89. The first-order valence-electron chi connectivity index (χ1n) is 6.89. The molecule has 0 spiro atoms. The quantitative estimate of drug-likeness (QED) is 0.878. The molecule has 0 radical (unpaired) electrons. The minimum Gasteiger partial charge on any atom is -0.314 e. The van der Waals surface area contributed by atoms with Gasteiger partial charge in [0.2, 0.25) is 0 Å². The van der Waals surface area contributed by atoms with Gasteiger partial charge in [-0.1, -0.05) is 18.6 Å². The van der Waals surface area contributed by atoms with Crippen LogP contribution in [0.4, 0.5) is 0 Å². The lowest BCUT2D eigenvalue weighted by Gasteiger charge is -2.23. The Morgan fingerprint density at radius 2 is 2.28 bits per heavy atom. The summed E-state index contributed by atoms with van der Waals surface area (Å²) < 4.78 is 1.99. The molecule has 2 aromatic rings. The highest BCUT2D eigenvalue weighted by Crippen LogP contribution is 2.21. The number of hydrogen-bond donors (Lipinski definition) is 1. The van der Waals surface area contributed by atoms with Crippen LogP contribution in [0.2, 0.25) is 0 Å². The van der Waals surface area contributed by atoms with Crippen molar-refractivity contribution in [2.24, 2.45) is 7.05 Å². The lowest BCUT2D eigenvalue weighted by Crippen LogP contribution is -2.35. The highest BCUT2D eigenvalue weighted by molar-refractivity contribution is 5.82. The van der Waals surface area contributed by atoms with Gasteiger partial charge >= 0.3 is 0 Å². The van der Waals surface area contributed by atoms with Crippen molar-refractivity contribution in [2.45, 2.75) is 38.6 Å². The van der Waals surface area contributed by atoms with E-state index in [0.29, 0.717) is 6.04 Å². The predicted octanol–water partition coefficient (Wildman–Crippen LogP) is 2.57. The minimum atomic E-state index is 0.658. The average molecular weight is 243 g/mol. The van der Waals surface area contributed by atoms with Gasteiger partial charge in [-0.15, -0.1) is 0 Å². The van der Waals surface area contributed by atoms with Crippen LogP contribution in [-0.2, 0) is 13.5 Å². The van der Waals surface area contributed by atoms with E-state index >= 15 is 0 Å². The van der Waals surface area contributed by atoms with E-state index < -0.39 is 0 Å². The summed E-state index contributed by atoms with van der Waals surface area (Å²) in [6.07, 6.45) is 5.14. The first kappa shape index (κ1) is 11.7. The van der Waals surface area contributed by atoms with Crippen LogP contribution < -0.4 is 5.32 Å². The standard InChI is InChI=1S/C15H21N3/c1-11-14-7-6-12(10-15(14)18(2)17-11)9-13-5-3-4-8-16-13/h6-7,10,13,16H,3-5,8-9H2,1-2H3. The molecule has 1 fully saturated rings. The van der Waals surface area contributed by atoms with E-state index in [1.54, 1.807) is 0 Å². The fourth-order valence-corrected chi connectivity index (χ4v) is 2.99. The number of fused-ring (bicyclic) bond motifs is 1. The van der Waals surface area contributed by atoms with Crippen LogP contribution in [0.3, 0.4) is 0 Å². The second-order valence-corrected chi connectivity index (χ2v) is 5.41. The summed E-state index contributed by atoms with van der Waals surface area (Å²) in [6, 6.07) is 7.43. The van der Waals surface area contributed by atoms with Gasteiger partial charge < -0.3 is 5.32 Å².